The van der Waals surface area contributed by atoms with Gasteiger partial charge in [-0.05, 0) is 75.0 Å². The Bertz CT molecular complexity index is 244. The third-order valence-corrected chi connectivity index (χ3v) is 5.73. The minimum absolute atomic E-state index is 0.419. The molecule has 0 aromatic heterocycles. The molecule has 0 bridgehead atoms. The van der Waals surface area contributed by atoms with Crippen molar-refractivity contribution in [3.63, 3.8) is 0 Å². The quantitative estimate of drug-likeness (QED) is 0.532. The first-order valence-corrected chi connectivity index (χ1v) is 8.55. The van der Waals surface area contributed by atoms with Crippen molar-refractivity contribution in [1.82, 2.24) is 0 Å². The molecule has 2 aliphatic carbocycles. The molecule has 19 heavy (non-hydrogen) atoms. The summed E-state index contributed by atoms with van der Waals surface area (Å²) in [5, 5.41) is 9.22. The van der Waals surface area contributed by atoms with E-state index < -0.39 is 0 Å². The lowest BCUT2D eigenvalue weighted by Crippen LogP contribution is -2.26. The second kappa shape index (κ2) is 8.09. The molecule has 0 aliphatic heterocycles. The Hall–Kier alpha value is -0.300. The van der Waals surface area contributed by atoms with Gasteiger partial charge in [0.05, 0.1) is 0 Å². The van der Waals surface area contributed by atoms with Crippen molar-refractivity contribution in [2.24, 2.45) is 23.7 Å². The Morgan fingerprint density at radius 1 is 0.842 bits per heavy atom. The highest BCUT2D eigenvalue weighted by atomic mass is 16.3. The van der Waals surface area contributed by atoms with Gasteiger partial charge in [-0.1, -0.05) is 25.3 Å². The minimum atomic E-state index is 0.419. The third kappa shape index (κ3) is 4.63. The maximum atomic E-state index is 9.22. The lowest BCUT2D eigenvalue weighted by molar-refractivity contribution is 0.115. The van der Waals surface area contributed by atoms with E-state index in [2.05, 4.69) is 12.7 Å². The van der Waals surface area contributed by atoms with Crippen molar-refractivity contribution in [1.29, 1.82) is 0 Å². The van der Waals surface area contributed by atoms with Crippen LogP contribution in [-0.2, 0) is 0 Å². The monoisotopic (exact) mass is 264 g/mol. The molecule has 2 saturated carbocycles. The van der Waals surface area contributed by atoms with E-state index in [0.717, 1.165) is 17.8 Å². The molecule has 2 aliphatic rings. The zero-order chi connectivity index (χ0) is 13.5. The van der Waals surface area contributed by atoms with E-state index >= 15 is 0 Å². The number of hydrogen-bond acceptors (Lipinski definition) is 1. The lowest BCUT2D eigenvalue weighted by atomic mass is 9.69. The number of unbranched alkanes of at least 4 members (excludes halogenated alkanes) is 1. The van der Waals surface area contributed by atoms with Crippen LogP contribution in [0.25, 0.3) is 0 Å². The molecular weight excluding hydrogens is 232 g/mol. The van der Waals surface area contributed by atoms with Gasteiger partial charge in [-0.3, -0.25) is 0 Å². The van der Waals surface area contributed by atoms with Gasteiger partial charge in [0.25, 0.3) is 0 Å². The van der Waals surface area contributed by atoms with Crippen LogP contribution in [0.15, 0.2) is 12.7 Å². The smallest absolute Gasteiger partial charge is 0.0459 e. The first-order valence-electron chi connectivity index (χ1n) is 8.55. The van der Waals surface area contributed by atoms with Crippen LogP contribution in [-0.4, -0.2) is 11.7 Å². The van der Waals surface area contributed by atoms with Gasteiger partial charge in [-0.15, -0.1) is 6.58 Å². The van der Waals surface area contributed by atoms with E-state index in [9.17, 15) is 5.11 Å². The van der Waals surface area contributed by atoms with E-state index in [-0.39, 0.29) is 0 Å². The zero-order valence-corrected chi connectivity index (χ0v) is 12.5. The van der Waals surface area contributed by atoms with Crippen molar-refractivity contribution in [3.8, 4) is 0 Å². The molecule has 2 rings (SSSR count). The summed E-state index contributed by atoms with van der Waals surface area (Å²) < 4.78 is 0. The van der Waals surface area contributed by atoms with Crippen LogP contribution in [0.1, 0.15) is 70.6 Å². The SMILES string of the molecule is C=CCCC[C@H]1CC[C@H]([C@H]2CC[C@H](CO)CC2)CC1. The summed E-state index contributed by atoms with van der Waals surface area (Å²) in [5.74, 6) is 3.61. The topological polar surface area (TPSA) is 20.2 Å². The fraction of sp³-hybridized carbons (Fsp3) is 0.889. The van der Waals surface area contributed by atoms with E-state index in [0.29, 0.717) is 12.5 Å². The van der Waals surface area contributed by atoms with Crippen molar-refractivity contribution in [3.05, 3.63) is 12.7 Å². The largest absolute Gasteiger partial charge is 0.396 e. The Balaban J connectivity index is 1.64. The normalized spacial score (nSPS) is 36.1. The molecule has 0 aromatic carbocycles. The average Bonchev–Trinajstić information content (AvgIpc) is 2.48. The van der Waals surface area contributed by atoms with Gasteiger partial charge in [0.2, 0.25) is 0 Å². The second-order valence-electron chi connectivity index (χ2n) is 6.96. The molecule has 0 aromatic rings. The van der Waals surface area contributed by atoms with Crippen LogP contribution in [0.2, 0.25) is 0 Å². The number of hydrogen-bond donors (Lipinski definition) is 1. The van der Waals surface area contributed by atoms with Gasteiger partial charge >= 0.3 is 0 Å². The highest BCUT2D eigenvalue weighted by molar-refractivity contribution is 4.82. The van der Waals surface area contributed by atoms with Crippen molar-refractivity contribution < 1.29 is 5.11 Å². The Labute approximate surface area is 119 Å². The van der Waals surface area contributed by atoms with Crippen LogP contribution in [0, 0.1) is 23.7 Å². The first-order chi connectivity index (χ1) is 9.33. The van der Waals surface area contributed by atoms with Crippen LogP contribution in [0.4, 0.5) is 0 Å². The Morgan fingerprint density at radius 2 is 1.37 bits per heavy atom. The Kier molecular flexibility index (Phi) is 6.43. The highest BCUT2D eigenvalue weighted by Crippen LogP contribution is 2.42. The number of rotatable bonds is 6. The molecule has 0 heterocycles. The van der Waals surface area contributed by atoms with Crippen LogP contribution in [0.5, 0.6) is 0 Å². The summed E-state index contributed by atoms with van der Waals surface area (Å²) in [5.41, 5.74) is 0. The number of aliphatic hydroxyl groups excluding tert-OH is 1. The molecule has 0 unspecified atom stereocenters. The maximum Gasteiger partial charge on any atom is 0.0459 e. The minimum Gasteiger partial charge on any atom is -0.396 e. The van der Waals surface area contributed by atoms with Crippen molar-refractivity contribution in [2.45, 2.75) is 70.6 Å². The molecule has 110 valence electrons. The molecule has 0 saturated heterocycles. The summed E-state index contributed by atoms with van der Waals surface area (Å²) in [7, 11) is 0. The zero-order valence-electron chi connectivity index (χ0n) is 12.5. The predicted molar refractivity (Wildman–Crippen MR) is 82.0 cm³/mol. The fourth-order valence-electron chi connectivity index (χ4n) is 4.34. The number of aliphatic hydroxyl groups is 1. The molecule has 0 atom stereocenters. The molecule has 1 heteroatoms. The molecule has 1 N–H and O–H groups in total. The van der Waals surface area contributed by atoms with E-state index in [4.69, 9.17) is 0 Å². The maximum absolute atomic E-state index is 9.22. The van der Waals surface area contributed by atoms with Crippen molar-refractivity contribution in [2.75, 3.05) is 6.61 Å². The molecule has 2 fully saturated rings. The summed E-state index contributed by atoms with van der Waals surface area (Å²) >= 11 is 0. The second-order valence-corrected chi connectivity index (χ2v) is 6.96. The summed E-state index contributed by atoms with van der Waals surface area (Å²) in [6.07, 6.45) is 17.3. The van der Waals surface area contributed by atoms with E-state index in [1.54, 1.807) is 0 Å². The molecule has 0 amide bonds. The van der Waals surface area contributed by atoms with Gasteiger partial charge in [0, 0.05) is 6.61 Å². The summed E-state index contributed by atoms with van der Waals surface area (Å²) in [6, 6.07) is 0. The first kappa shape index (κ1) is 15.1. The molecular formula is C18H32O. The van der Waals surface area contributed by atoms with Gasteiger partial charge < -0.3 is 5.11 Å². The predicted octanol–water partition coefficient (Wildman–Crippen LogP) is 4.95. The fourth-order valence-corrected chi connectivity index (χ4v) is 4.34. The molecule has 0 spiro atoms. The van der Waals surface area contributed by atoms with Gasteiger partial charge in [0.15, 0.2) is 0 Å². The average molecular weight is 264 g/mol. The summed E-state index contributed by atoms with van der Waals surface area (Å²) in [6.45, 7) is 4.23. The van der Waals surface area contributed by atoms with E-state index in [1.807, 2.05) is 0 Å². The number of allylic oxidation sites excluding steroid dienone is 1. The molecule has 0 radical (unpaired) electrons. The molecule has 1 nitrogen and oxygen atoms in total. The van der Waals surface area contributed by atoms with E-state index in [1.165, 1.54) is 70.6 Å². The van der Waals surface area contributed by atoms with Crippen LogP contribution in [0.3, 0.4) is 0 Å². The highest BCUT2D eigenvalue weighted by Gasteiger charge is 2.30. The van der Waals surface area contributed by atoms with Gasteiger partial charge in [0.1, 0.15) is 0 Å². The van der Waals surface area contributed by atoms with Gasteiger partial charge in [-0.2, -0.15) is 0 Å². The summed E-state index contributed by atoms with van der Waals surface area (Å²) in [4.78, 5) is 0. The van der Waals surface area contributed by atoms with Crippen LogP contribution >= 0.6 is 0 Å². The Morgan fingerprint density at radius 3 is 1.84 bits per heavy atom. The standard InChI is InChI=1S/C18H32O/c1-2-3-4-5-15-6-10-17(11-7-15)18-12-8-16(14-19)9-13-18/h2,15-19H,1,3-14H2/t15-,16-,17-,18-. The van der Waals surface area contributed by atoms with Gasteiger partial charge in [-0.25, -0.2) is 0 Å². The lowest BCUT2D eigenvalue weighted by Gasteiger charge is -2.37. The third-order valence-electron chi connectivity index (χ3n) is 5.73. The van der Waals surface area contributed by atoms with Crippen molar-refractivity contribution >= 4 is 0 Å². The van der Waals surface area contributed by atoms with Crippen LogP contribution < -0.4 is 0 Å².